The van der Waals surface area contributed by atoms with Crippen LogP contribution >= 0.6 is 0 Å². The standard InChI is InChI=1S/C13H13N3O5/c1-13(21-6-12(17)18)7-15(8-13)11-3-2-10(16(19)20)4-9(11)5-14/h2-4H,6-8H2,1H3,(H,17,18). The highest BCUT2D eigenvalue weighted by Gasteiger charge is 2.41. The Bertz CT molecular complexity index is 631. The van der Waals surface area contributed by atoms with E-state index in [1.54, 1.807) is 6.92 Å². The average Bonchev–Trinajstić information content (AvgIpc) is 2.41. The van der Waals surface area contributed by atoms with E-state index >= 15 is 0 Å². The van der Waals surface area contributed by atoms with E-state index in [0.29, 0.717) is 18.8 Å². The molecule has 1 aromatic rings. The first-order valence-electron chi connectivity index (χ1n) is 6.14. The SMILES string of the molecule is CC1(OCC(=O)O)CN(c2ccc([N+](=O)[O-])cc2C#N)C1. The number of rotatable bonds is 5. The molecule has 0 spiro atoms. The number of nitro benzene ring substituents is 1. The van der Waals surface area contributed by atoms with Crippen molar-refractivity contribution < 1.29 is 19.6 Å². The molecule has 0 atom stereocenters. The fraction of sp³-hybridized carbons (Fsp3) is 0.385. The molecular formula is C13H13N3O5. The lowest BCUT2D eigenvalue weighted by atomic mass is 9.94. The van der Waals surface area contributed by atoms with Crippen LogP contribution in [0, 0.1) is 21.4 Å². The van der Waals surface area contributed by atoms with Gasteiger partial charge in [-0.2, -0.15) is 5.26 Å². The van der Waals surface area contributed by atoms with Crippen molar-refractivity contribution >= 4 is 17.3 Å². The van der Waals surface area contributed by atoms with Crippen LogP contribution in [-0.4, -0.2) is 41.3 Å². The van der Waals surface area contributed by atoms with Gasteiger partial charge in [0.15, 0.2) is 0 Å². The number of ether oxygens (including phenoxy) is 1. The molecule has 0 aliphatic carbocycles. The molecule has 0 aromatic heterocycles. The van der Waals surface area contributed by atoms with Crippen molar-refractivity contribution in [3.63, 3.8) is 0 Å². The van der Waals surface area contributed by atoms with Crippen LogP contribution in [0.5, 0.6) is 0 Å². The van der Waals surface area contributed by atoms with Gasteiger partial charge in [-0.05, 0) is 13.0 Å². The molecule has 1 N–H and O–H groups in total. The van der Waals surface area contributed by atoms with Gasteiger partial charge in [0.05, 0.1) is 16.2 Å². The number of benzene rings is 1. The van der Waals surface area contributed by atoms with Gasteiger partial charge in [-0.15, -0.1) is 0 Å². The molecule has 1 heterocycles. The van der Waals surface area contributed by atoms with E-state index in [-0.39, 0.29) is 17.9 Å². The lowest BCUT2D eigenvalue weighted by molar-refractivity contribution is -0.384. The summed E-state index contributed by atoms with van der Waals surface area (Å²) in [7, 11) is 0. The molecule has 0 saturated carbocycles. The van der Waals surface area contributed by atoms with E-state index in [9.17, 15) is 14.9 Å². The Hall–Kier alpha value is -2.66. The zero-order chi connectivity index (χ0) is 15.6. The third-order valence-corrected chi connectivity index (χ3v) is 3.25. The Morgan fingerprint density at radius 3 is 2.81 bits per heavy atom. The maximum atomic E-state index is 10.7. The number of nitrogens with zero attached hydrogens (tertiary/aromatic N) is 3. The number of nitriles is 1. The molecule has 1 aromatic carbocycles. The van der Waals surface area contributed by atoms with E-state index in [4.69, 9.17) is 15.1 Å². The minimum Gasteiger partial charge on any atom is -0.480 e. The molecular weight excluding hydrogens is 278 g/mol. The van der Waals surface area contributed by atoms with Gasteiger partial charge in [0.1, 0.15) is 18.3 Å². The van der Waals surface area contributed by atoms with Crippen LogP contribution in [-0.2, 0) is 9.53 Å². The van der Waals surface area contributed by atoms with Crippen LogP contribution in [0.2, 0.25) is 0 Å². The van der Waals surface area contributed by atoms with E-state index < -0.39 is 16.5 Å². The number of non-ortho nitro benzene ring substituents is 1. The second-order valence-corrected chi connectivity index (χ2v) is 5.06. The second kappa shape index (κ2) is 5.38. The molecule has 2 rings (SSSR count). The maximum Gasteiger partial charge on any atom is 0.329 e. The van der Waals surface area contributed by atoms with Crippen molar-refractivity contribution in [1.29, 1.82) is 5.26 Å². The summed E-state index contributed by atoms with van der Waals surface area (Å²) in [6.45, 7) is 2.25. The first kappa shape index (κ1) is 14.7. The Balaban J connectivity index is 2.10. The Morgan fingerprint density at radius 2 is 2.29 bits per heavy atom. The predicted molar refractivity (Wildman–Crippen MR) is 72.0 cm³/mol. The zero-order valence-electron chi connectivity index (χ0n) is 11.3. The van der Waals surface area contributed by atoms with Crippen LogP contribution in [0.15, 0.2) is 18.2 Å². The smallest absolute Gasteiger partial charge is 0.329 e. The van der Waals surface area contributed by atoms with E-state index in [1.165, 1.54) is 18.2 Å². The third kappa shape index (κ3) is 3.09. The topological polar surface area (TPSA) is 117 Å². The summed E-state index contributed by atoms with van der Waals surface area (Å²) in [4.78, 5) is 22.5. The number of nitro groups is 1. The largest absolute Gasteiger partial charge is 0.480 e. The van der Waals surface area contributed by atoms with Crippen LogP contribution in [0.1, 0.15) is 12.5 Å². The van der Waals surface area contributed by atoms with Gasteiger partial charge < -0.3 is 14.7 Å². The maximum absolute atomic E-state index is 10.7. The molecule has 1 aliphatic rings. The number of carboxylic acid groups (broad SMARTS) is 1. The number of anilines is 1. The Labute approximate surface area is 120 Å². The molecule has 1 fully saturated rings. The summed E-state index contributed by atoms with van der Waals surface area (Å²) in [6.07, 6.45) is 0. The van der Waals surface area contributed by atoms with Crippen LogP contribution in [0.4, 0.5) is 11.4 Å². The van der Waals surface area contributed by atoms with Gasteiger partial charge >= 0.3 is 5.97 Å². The number of hydrogen-bond donors (Lipinski definition) is 1. The summed E-state index contributed by atoms with van der Waals surface area (Å²) in [5.74, 6) is -1.04. The summed E-state index contributed by atoms with van der Waals surface area (Å²) < 4.78 is 5.28. The van der Waals surface area contributed by atoms with E-state index in [2.05, 4.69) is 0 Å². The highest BCUT2D eigenvalue weighted by atomic mass is 16.6. The van der Waals surface area contributed by atoms with Crippen molar-refractivity contribution in [2.24, 2.45) is 0 Å². The van der Waals surface area contributed by atoms with Gasteiger partial charge in [-0.25, -0.2) is 4.79 Å². The predicted octanol–water partition coefficient (Wildman–Crippen LogP) is 1.15. The Kier molecular flexibility index (Phi) is 3.78. The molecule has 0 bridgehead atoms. The quantitative estimate of drug-likeness (QED) is 0.638. The van der Waals surface area contributed by atoms with Gasteiger partial charge in [0.2, 0.25) is 0 Å². The van der Waals surface area contributed by atoms with Crippen LogP contribution in [0.25, 0.3) is 0 Å². The van der Waals surface area contributed by atoms with E-state index in [1.807, 2.05) is 11.0 Å². The van der Waals surface area contributed by atoms with Crippen molar-refractivity contribution in [3.05, 3.63) is 33.9 Å². The first-order chi connectivity index (χ1) is 9.84. The van der Waals surface area contributed by atoms with Gasteiger partial charge in [0, 0.05) is 25.2 Å². The zero-order valence-corrected chi connectivity index (χ0v) is 11.3. The fourth-order valence-electron chi connectivity index (χ4n) is 2.26. The van der Waals surface area contributed by atoms with Crippen molar-refractivity contribution in [1.82, 2.24) is 0 Å². The minimum atomic E-state index is -1.04. The highest BCUT2D eigenvalue weighted by Crippen LogP contribution is 2.33. The third-order valence-electron chi connectivity index (χ3n) is 3.25. The monoisotopic (exact) mass is 291 g/mol. The fourth-order valence-corrected chi connectivity index (χ4v) is 2.26. The van der Waals surface area contributed by atoms with Crippen LogP contribution in [0.3, 0.4) is 0 Å². The molecule has 0 unspecified atom stereocenters. The number of hydrogen-bond acceptors (Lipinski definition) is 6. The van der Waals surface area contributed by atoms with Crippen molar-refractivity contribution in [2.75, 3.05) is 24.6 Å². The molecule has 8 nitrogen and oxygen atoms in total. The van der Waals surface area contributed by atoms with E-state index in [0.717, 1.165) is 0 Å². The molecule has 8 heteroatoms. The minimum absolute atomic E-state index is 0.138. The van der Waals surface area contributed by atoms with Gasteiger partial charge in [-0.1, -0.05) is 0 Å². The molecule has 0 amide bonds. The summed E-state index contributed by atoms with van der Waals surface area (Å²) in [5.41, 5.74) is 0.0667. The normalized spacial score (nSPS) is 15.9. The molecule has 1 aliphatic heterocycles. The van der Waals surface area contributed by atoms with Gasteiger partial charge in [-0.3, -0.25) is 10.1 Å². The van der Waals surface area contributed by atoms with Crippen LogP contribution < -0.4 is 4.90 Å². The average molecular weight is 291 g/mol. The Morgan fingerprint density at radius 1 is 1.62 bits per heavy atom. The molecule has 110 valence electrons. The second-order valence-electron chi connectivity index (χ2n) is 5.06. The number of carboxylic acids is 1. The number of carbonyl (C=O) groups is 1. The highest BCUT2D eigenvalue weighted by molar-refractivity contribution is 5.68. The number of aliphatic carboxylic acids is 1. The summed E-state index contributed by atoms with van der Waals surface area (Å²) in [5, 5.41) is 28.4. The lowest BCUT2D eigenvalue weighted by Crippen LogP contribution is -2.62. The molecule has 21 heavy (non-hydrogen) atoms. The summed E-state index contributed by atoms with van der Waals surface area (Å²) >= 11 is 0. The molecule has 0 radical (unpaired) electrons. The first-order valence-corrected chi connectivity index (χ1v) is 6.14. The molecule has 1 saturated heterocycles. The summed E-state index contributed by atoms with van der Waals surface area (Å²) in [6, 6.07) is 6.02. The lowest BCUT2D eigenvalue weighted by Gasteiger charge is -2.48. The van der Waals surface area contributed by atoms with Crippen molar-refractivity contribution in [3.8, 4) is 6.07 Å². The van der Waals surface area contributed by atoms with Crippen molar-refractivity contribution in [2.45, 2.75) is 12.5 Å². The van der Waals surface area contributed by atoms with Gasteiger partial charge in [0.25, 0.3) is 5.69 Å².